The molecule has 0 saturated heterocycles. The second kappa shape index (κ2) is 6.03. The van der Waals surface area contributed by atoms with Crippen LogP contribution in [0.25, 0.3) is 10.9 Å². The molecule has 0 fully saturated rings. The van der Waals surface area contributed by atoms with Crippen LogP contribution < -0.4 is 4.90 Å². The van der Waals surface area contributed by atoms with E-state index in [2.05, 4.69) is 9.97 Å². The molecule has 3 nitrogen and oxygen atoms in total. The van der Waals surface area contributed by atoms with E-state index >= 15 is 0 Å². The van der Waals surface area contributed by atoms with Crippen LogP contribution in [0.2, 0.25) is 0 Å². The summed E-state index contributed by atoms with van der Waals surface area (Å²) in [5.74, 6) is 1.75. The van der Waals surface area contributed by atoms with Crippen molar-refractivity contribution in [2.75, 3.05) is 29.7 Å². The summed E-state index contributed by atoms with van der Waals surface area (Å²) in [6.07, 6.45) is 1.83. The number of nitrogens with zero attached hydrogens (tertiary/aromatic N) is 3. The zero-order valence-corrected chi connectivity index (χ0v) is 10.8. The summed E-state index contributed by atoms with van der Waals surface area (Å²) in [6, 6.07) is 7.90. The molecule has 0 atom stereocenters. The van der Waals surface area contributed by atoms with E-state index < -0.39 is 0 Å². The molecular formula is C12H13Cl2N3. The Morgan fingerprint density at radius 2 is 1.76 bits per heavy atom. The molecular weight excluding hydrogens is 257 g/mol. The fourth-order valence-electron chi connectivity index (χ4n) is 1.63. The second-order valence-electron chi connectivity index (χ2n) is 3.59. The molecule has 0 radical (unpaired) electrons. The van der Waals surface area contributed by atoms with E-state index in [9.17, 15) is 0 Å². The highest BCUT2D eigenvalue weighted by atomic mass is 35.5. The standard InChI is InChI=1S/C12H13Cl2N3/c13-5-7-17(8-6-14)12-15-9-10-3-1-2-4-11(10)16-12/h1-4,9H,5-8H2. The summed E-state index contributed by atoms with van der Waals surface area (Å²) in [5, 5.41) is 1.04. The van der Waals surface area contributed by atoms with Crippen LogP contribution in [0.15, 0.2) is 30.5 Å². The van der Waals surface area contributed by atoms with E-state index in [1.165, 1.54) is 0 Å². The number of rotatable bonds is 5. The summed E-state index contributed by atoms with van der Waals surface area (Å²) < 4.78 is 0. The van der Waals surface area contributed by atoms with Gasteiger partial charge >= 0.3 is 0 Å². The first-order chi connectivity index (χ1) is 8.35. The number of hydrogen-bond acceptors (Lipinski definition) is 3. The maximum Gasteiger partial charge on any atom is 0.225 e. The summed E-state index contributed by atoms with van der Waals surface area (Å²) in [6.45, 7) is 1.40. The molecule has 0 aliphatic carbocycles. The number of aromatic nitrogens is 2. The van der Waals surface area contributed by atoms with Crippen molar-refractivity contribution in [3.05, 3.63) is 30.5 Å². The Hall–Kier alpha value is -1.06. The van der Waals surface area contributed by atoms with Crippen LogP contribution in [0.1, 0.15) is 0 Å². The highest BCUT2D eigenvalue weighted by molar-refractivity contribution is 6.18. The zero-order valence-electron chi connectivity index (χ0n) is 9.31. The average molecular weight is 270 g/mol. The Morgan fingerprint density at radius 1 is 1.06 bits per heavy atom. The minimum absolute atomic E-state index is 0.535. The number of para-hydroxylation sites is 1. The van der Waals surface area contributed by atoms with Gasteiger partial charge in [0.15, 0.2) is 0 Å². The van der Waals surface area contributed by atoms with Crippen LogP contribution in [0.3, 0.4) is 0 Å². The van der Waals surface area contributed by atoms with Gasteiger partial charge < -0.3 is 4.90 Å². The van der Waals surface area contributed by atoms with Crippen molar-refractivity contribution >= 4 is 40.1 Å². The van der Waals surface area contributed by atoms with Crippen LogP contribution in [-0.4, -0.2) is 34.8 Å². The zero-order chi connectivity index (χ0) is 12.1. The van der Waals surface area contributed by atoms with Gasteiger partial charge in [-0.2, -0.15) is 0 Å². The summed E-state index contributed by atoms with van der Waals surface area (Å²) in [4.78, 5) is 10.8. The van der Waals surface area contributed by atoms with E-state index in [-0.39, 0.29) is 0 Å². The summed E-state index contributed by atoms with van der Waals surface area (Å²) >= 11 is 11.5. The molecule has 1 aromatic carbocycles. The lowest BCUT2D eigenvalue weighted by atomic mass is 10.2. The summed E-state index contributed by atoms with van der Waals surface area (Å²) in [7, 11) is 0. The first-order valence-electron chi connectivity index (χ1n) is 5.44. The normalized spacial score (nSPS) is 10.7. The molecule has 5 heteroatoms. The molecule has 0 bridgehead atoms. The van der Waals surface area contributed by atoms with Gasteiger partial charge in [-0.1, -0.05) is 18.2 Å². The quantitative estimate of drug-likeness (QED) is 0.782. The number of hydrogen-bond donors (Lipinski definition) is 0. The third kappa shape index (κ3) is 2.99. The number of anilines is 1. The van der Waals surface area contributed by atoms with Gasteiger partial charge in [0.2, 0.25) is 5.95 Å². The van der Waals surface area contributed by atoms with Gasteiger partial charge in [0.05, 0.1) is 5.52 Å². The topological polar surface area (TPSA) is 29.0 Å². The van der Waals surface area contributed by atoms with Crippen LogP contribution in [0, 0.1) is 0 Å². The Morgan fingerprint density at radius 3 is 2.47 bits per heavy atom. The van der Waals surface area contributed by atoms with Crippen molar-refractivity contribution in [3.63, 3.8) is 0 Å². The smallest absolute Gasteiger partial charge is 0.225 e. The van der Waals surface area contributed by atoms with E-state index in [0.29, 0.717) is 30.8 Å². The molecule has 90 valence electrons. The van der Waals surface area contributed by atoms with Gasteiger partial charge in [-0.25, -0.2) is 9.97 Å². The third-order valence-corrected chi connectivity index (χ3v) is 2.81. The Labute approximate surface area is 110 Å². The number of benzene rings is 1. The molecule has 1 heterocycles. The lowest BCUT2D eigenvalue weighted by Crippen LogP contribution is -2.29. The van der Waals surface area contributed by atoms with Crippen molar-refractivity contribution in [2.24, 2.45) is 0 Å². The lowest BCUT2D eigenvalue weighted by molar-refractivity contribution is 0.832. The van der Waals surface area contributed by atoms with E-state index in [0.717, 1.165) is 10.9 Å². The number of alkyl halides is 2. The monoisotopic (exact) mass is 269 g/mol. The fraction of sp³-hybridized carbons (Fsp3) is 0.333. The molecule has 17 heavy (non-hydrogen) atoms. The van der Waals surface area contributed by atoms with Gasteiger partial charge in [0.1, 0.15) is 0 Å². The highest BCUT2D eigenvalue weighted by Crippen LogP contribution is 2.14. The van der Waals surface area contributed by atoms with Gasteiger partial charge in [-0.05, 0) is 6.07 Å². The molecule has 0 amide bonds. The van der Waals surface area contributed by atoms with Crippen LogP contribution in [0.4, 0.5) is 5.95 Å². The number of fused-ring (bicyclic) bond motifs is 1. The molecule has 2 aromatic rings. The van der Waals surface area contributed by atoms with Gasteiger partial charge in [0.25, 0.3) is 0 Å². The van der Waals surface area contributed by atoms with Crippen molar-refractivity contribution in [1.82, 2.24) is 9.97 Å². The van der Waals surface area contributed by atoms with Gasteiger partial charge in [-0.15, -0.1) is 23.2 Å². The van der Waals surface area contributed by atoms with Crippen LogP contribution >= 0.6 is 23.2 Å². The van der Waals surface area contributed by atoms with E-state index in [4.69, 9.17) is 23.2 Å². The van der Waals surface area contributed by atoms with Crippen LogP contribution in [0.5, 0.6) is 0 Å². The predicted octanol–water partition coefficient (Wildman–Crippen LogP) is 2.91. The summed E-state index contributed by atoms with van der Waals surface area (Å²) in [5.41, 5.74) is 0.937. The maximum atomic E-state index is 5.76. The van der Waals surface area contributed by atoms with Crippen LogP contribution in [-0.2, 0) is 0 Å². The Bertz CT molecular complexity index is 484. The minimum atomic E-state index is 0.535. The molecule has 0 spiro atoms. The lowest BCUT2D eigenvalue weighted by Gasteiger charge is -2.20. The largest absolute Gasteiger partial charge is 0.338 e. The van der Waals surface area contributed by atoms with Crippen molar-refractivity contribution < 1.29 is 0 Å². The fourth-order valence-corrected chi connectivity index (χ4v) is 2.04. The molecule has 0 N–H and O–H groups in total. The maximum absolute atomic E-state index is 5.76. The third-order valence-electron chi connectivity index (χ3n) is 2.47. The van der Waals surface area contributed by atoms with Crippen molar-refractivity contribution in [1.29, 1.82) is 0 Å². The first-order valence-corrected chi connectivity index (χ1v) is 6.50. The van der Waals surface area contributed by atoms with Crippen molar-refractivity contribution in [3.8, 4) is 0 Å². The SMILES string of the molecule is ClCCN(CCCl)c1ncc2ccccc2n1. The molecule has 2 rings (SSSR count). The number of halogens is 2. The first kappa shape index (κ1) is 12.4. The molecule has 0 aliphatic heterocycles. The molecule has 0 aliphatic rings. The Balaban J connectivity index is 2.32. The molecule has 1 aromatic heterocycles. The molecule has 0 unspecified atom stereocenters. The van der Waals surface area contributed by atoms with Gasteiger partial charge in [-0.3, -0.25) is 0 Å². The highest BCUT2D eigenvalue weighted by Gasteiger charge is 2.08. The predicted molar refractivity (Wildman–Crippen MR) is 73.2 cm³/mol. The van der Waals surface area contributed by atoms with Gasteiger partial charge in [0, 0.05) is 36.4 Å². The average Bonchev–Trinajstić information content (AvgIpc) is 2.38. The second-order valence-corrected chi connectivity index (χ2v) is 4.35. The molecule has 0 saturated carbocycles. The van der Waals surface area contributed by atoms with E-state index in [1.807, 2.05) is 35.4 Å². The Kier molecular flexibility index (Phi) is 4.40. The van der Waals surface area contributed by atoms with E-state index in [1.54, 1.807) is 0 Å². The van der Waals surface area contributed by atoms with Crippen molar-refractivity contribution in [2.45, 2.75) is 0 Å². The minimum Gasteiger partial charge on any atom is -0.338 e.